The van der Waals surface area contributed by atoms with E-state index in [2.05, 4.69) is 5.32 Å². The molecular formula is C18H26F3N3O3S. The van der Waals surface area contributed by atoms with E-state index in [1.165, 1.54) is 4.31 Å². The van der Waals surface area contributed by atoms with E-state index in [1.54, 1.807) is 0 Å². The van der Waals surface area contributed by atoms with E-state index in [0.717, 1.165) is 24.3 Å². The summed E-state index contributed by atoms with van der Waals surface area (Å²) in [5.74, 6) is 0.204. The van der Waals surface area contributed by atoms with Gasteiger partial charge in [-0.1, -0.05) is 13.8 Å². The van der Waals surface area contributed by atoms with Crippen LogP contribution in [0.25, 0.3) is 0 Å². The SMILES string of the molecule is CC(C)[C@H](C)NC(=O)CN1CCN(S(=O)(=O)c2ccc(C(F)(F)F)cc2)CC1. The third-order valence-corrected chi connectivity index (χ3v) is 6.82. The van der Waals surface area contributed by atoms with Gasteiger partial charge in [0.05, 0.1) is 17.0 Å². The highest BCUT2D eigenvalue weighted by Gasteiger charge is 2.32. The van der Waals surface area contributed by atoms with Crippen LogP contribution in [0.4, 0.5) is 13.2 Å². The lowest BCUT2D eigenvalue weighted by Crippen LogP contribution is -2.51. The van der Waals surface area contributed by atoms with Crippen molar-refractivity contribution < 1.29 is 26.4 Å². The highest BCUT2D eigenvalue weighted by atomic mass is 32.2. The molecule has 0 aliphatic carbocycles. The van der Waals surface area contributed by atoms with Gasteiger partial charge in [-0.2, -0.15) is 17.5 Å². The van der Waals surface area contributed by atoms with E-state index in [0.29, 0.717) is 19.0 Å². The smallest absolute Gasteiger partial charge is 0.352 e. The molecule has 0 bridgehead atoms. The molecule has 1 heterocycles. The van der Waals surface area contributed by atoms with Crippen molar-refractivity contribution in [1.29, 1.82) is 0 Å². The van der Waals surface area contributed by atoms with E-state index in [4.69, 9.17) is 0 Å². The average Bonchev–Trinajstić information content (AvgIpc) is 2.61. The van der Waals surface area contributed by atoms with Crippen LogP contribution in [0.15, 0.2) is 29.2 Å². The summed E-state index contributed by atoms with van der Waals surface area (Å²) in [5, 5.41) is 2.91. The maximum atomic E-state index is 12.6. The second kappa shape index (κ2) is 8.79. The molecule has 1 atom stereocenters. The molecule has 0 saturated carbocycles. The van der Waals surface area contributed by atoms with Gasteiger partial charge >= 0.3 is 6.18 Å². The molecule has 158 valence electrons. The van der Waals surface area contributed by atoms with Gasteiger partial charge in [0.15, 0.2) is 0 Å². The average molecular weight is 421 g/mol. The van der Waals surface area contributed by atoms with Crippen molar-refractivity contribution in [2.24, 2.45) is 5.92 Å². The summed E-state index contributed by atoms with van der Waals surface area (Å²) in [4.78, 5) is 13.8. The van der Waals surface area contributed by atoms with Crippen LogP contribution in [0.2, 0.25) is 0 Å². The van der Waals surface area contributed by atoms with Crippen LogP contribution in [0.1, 0.15) is 26.3 Å². The topological polar surface area (TPSA) is 69.7 Å². The Morgan fingerprint density at radius 3 is 2.07 bits per heavy atom. The van der Waals surface area contributed by atoms with Crippen LogP contribution in [0, 0.1) is 5.92 Å². The molecule has 1 aromatic rings. The fraction of sp³-hybridized carbons (Fsp3) is 0.611. The molecule has 1 aliphatic rings. The predicted octanol–water partition coefficient (Wildman–Crippen LogP) is 2.17. The van der Waals surface area contributed by atoms with Gasteiger partial charge in [-0.15, -0.1) is 0 Å². The van der Waals surface area contributed by atoms with Crippen molar-refractivity contribution in [1.82, 2.24) is 14.5 Å². The number of hydrogen-bond donors (Lipinski definition) is 1. The van der Waals surface area contributed by atoms with Gasteiger partial charge in [0, 0.05) is 32.2 Å². The van der Waals surface area contributed by atoms with Gasteiger partial charge in [0.25, 0.3) is 0 Å². The molecule has 0 spiro atoms. The van der Waals surface area contributed by atoms with Gasteiger partial charge < -0.3 is 5.32 Å². The van der Waals surface area contributed by atoms with E-state index in [1.807, 2.05) is 25.7 Å². The van der Waals surface area contributed by atoms with Crippen LogP contribution < -0.4 is 5.32 Å². The zero-order valence-electron chi connectivity index (χ0n) is 16.2. The molecule has 1 amide bonds. The first kappa shape index (κ1) is 22.6. The molecule has 1 aromatic carbocycles. The number of amides is 1. The number of piperazine rings is 1. The summed E-state index contributed by atoms with van der Waals surface area (Å²) in [6.45, 7) is 7.24. The summed E-state index contributed by atoms with van der Waals surface area (Å²) in [6.07, 6.45) is -4.51. The summed E-state index contributed by atoms with van der Waals surface area (Å²) in [6, 6.07) is 3.54. The van der Waals surface area contributed by atoms with E-state index in [-0.39, 0.29) is 36.5 Å². The summed E-state index contributed by atoms with van der Waals surface area (Å²) >= 11 is 0. The fourth-order valence-corrected chi connectivity index (χ4v) is 4.18. The molecule has 28 heavy (non-hydrogen) atoms. The monoisotopic (exact) mass is 421 g/mol. The van der Waals surface area contributed by atoms with E-state index in [9.17, 15) is 26.4 Å². The molecular weight excluding hydrogens is 395 g/mol. The first-order valence-corrected chi connectivity index (χ1v) is 10.5. The molecule has 1 N–H and O–H groups in total. The number of alkyl halides is 3. The Bertz CT molecular complexity index is 772. The third kappa shape index (κ3) is 5.68. The quantitative estimate of drug-likeness (QED) is 0.765. The number of nitrogens with zero attached hydrogens (tertiary/aromatic N) is 2. The largest absolute Gasteiger partial charge is 0.416 e. The first-order valence-electron chi connectivity index (χ1n) is 9.10. The number of rotatable bonds is 6. The molecule has 0 radical (unpaired) electrons. The van der Waals surface area contributed by atoms with Gasteiger partial charge in [-0.05, 0) is 37.1 Å². The van der Waals surface area contributed by atoms with Gasteiger partial charge in [0.2, 0.25) is 15.9 Å². The molecule has 1 fully saturated rings. The van der Waals surface area contributed by atoms with Crippen LogP contribution >= 0.6 is 0 Å². The molecule has 6 nitrogen and oxygen atoms in total. The molecule has 1 saturated heterocycles. The Kier molecular flexibility index (Phi) is 7.11. The van der Waals surface area contributed by atoms with Crippen LogP contribution in [-0.2, 0) is 21.0 Å². The maximum absolute atomic E-state index is 12.6. The van der Waals surface area contributed by atoms with E-state index >= 15 is 0 Å². The lowest BCUT2D eigenvalue weighted by atomic mass is 10.1. The van der Waals surface area contributed by atoms with Gasteiger partial charge in [0.1, 0.15) is 0 Å². The minimum atomic E-state index is -4.51. The Morgan fingerprint density at radius 1 is 1.07 bits per heavy atom. The summed E-state index contributed by atoms with van der Waals surface area (Å²) in [7, 11) is -3.87. The first-order chi connectivity index (χ1) is 12.9. The van der Waals surface area contributed by atoms with Gasteiger partial charge in [-0.3, -0.25) is 9.69 Å². The number of halogens is 3. The number of sulfonamides is 1. The number of benzene rings is 1. The number of nitrogens with one attached hydrogen (secondary N) is 1. The van der Waals surface area contributed by atoms with Crippen LogP contribution in [0.3, 0.4) is 0 Å². The van der Waals surface area contributed by atoms with E-state index < -0.39 is 21.8 Å². The fourth-order valence-electron chi connectivity index (χ4n) is 2.76. The Hall–Kier alpha value is -1.65. The lowest BCUT2D eigenvalue weighted by Gasteiger charge is -2.33. The second-order valence-corrected chi connectivity index (χ2v) is 9.24. The lowest BCUT2D eigenvalue weighted by molar-refractivity contribution is -0.137. The molecule has 0 unspecified atom stereocenters. The van der Waals surface area contributed by atoms with Crippen LogP contribution in [-0.4, -0.2) is 62.3 Å². The van der Waals surface area contributed by atoms with Crippen molar-refractivity contribution in [3.05, 3.63) is 29.8 Å². The summed E-state index contributed by atoms with van der Waals surface area (Å²) in [5.41, 5.74) is -0.891. The number of hydrogen-bond acceptors (Lipinski definition) is 4. The Labute approximate surface area is 163 Å². The van der Waals surface area contributed by atoms with Crippen molar-refractivity contribution >= 4 is 15.9 Å². The summed E-state index contributed by atoms with van der Waals surface area (Å²) < 4.78 is 64.5. The van der Waals surface area contributed by atoms with Crippen molar-refractivity contribution in [2.45, 2.75) is 37.9 Å². The highest BCUT2D eigenvalue weighted by Crippen LogP contribution is 2.30. The predicted molar refractivity (Wildman–Crippen MR) is 99.1 cm³/mol. The third-order valence-electron chi connectivity index (χ3n) is 4.91. The molecule has 1 aliphatic heterocycles. The van der Waals surface area contributed by atoms with Gasteiger partial charge in [-0.25, -0.2) is 8.42 Å². The maximum Gasteiger partial charge on any atom is 0.416 e. The van der Waals surface area contributed by atoms with Crippen molar-refractivity contribution in [3.8, 4) is 0 Å². The number of carbonyl (C=O) groups is 1. The normalized spacial score (nSPS) is 18.2. The second-order valence-electron chi connectivity index (χ2n) is 7.30. The molecule has 10 heteroatoms. The van der Waals surface area contributed by atoms with Crippen molar-refractivity contribution in [2.75, 3.05) is 32.7 Å². The number of carbonyl (C=O) groups excluding carboxylic acids is 1. The van der Waals surface area contributed by atoms with Crippen LogP contribution in [0.5, 0.6) is 0 Å². The zero-order valence-corrected chi connectivity index (χ0v) is 17.0. The van der Waals surface area contributed by atoms with Crippen molar-refractivity contribution in [3.63, 3.8) is 0 Å². The Morgan fingerprint density at radius 2 is 1.61 bits per heavy atom. The highest BCUT2D eigenvalue weighted by molar-refractivity contribution is 7.89. The minimum absolute atomic E-state index is 0.0498. The Balaban J connectivity index is 1.94. The molecule has 2 rings (SSSR count). The minimum Gasteiger partial charge on any atom is -0.352 e. The molecule has 0 aromatic heterocycles. The standard InChI is InChI=1S/C18H26F3N3O3S/c1-13(2)14(3)22-17(25)12-23-8-10-24(11-9-23)28(26,27)16-6-4-15(5-7-16)18(19,20)21/h4-7,13-14H,8-12H2,1-3H3,(H,22,25)/t14-/m0/s1. The zero-order chi connectivity index (χ0) is 21.1.